The van der Waals surface area contributed by atoms with Crippen molar-refractivity contribution in [3.8, 4) is 0 Å². The Labute approximate surface area is 117 Å². The highest BCUT2D eigenvalue weighted by molar-refractivity contribution is 5.78. The van der Waals surface area contributed by atoms with Crippen LogP contribution in [0.2, 0.25) is 0 Å². The van der Waals surface area contributed by atoms with Crippen molar-refractivity contribution in [1.29, 1.82) is 0 Å². The lowest BCUT2D eigenvalue weighted by Gasteiger charge is -2.38. The Balaban J connectivity index is 1.91. The first kappa shape index (κ1) is 14.8. The molecule has 2 atom stereocenters. The summed E-state index contributed by atoms with van der Waals surface area (Å²) in [6.07, 6.45) is 6.70. The van der Waals surface area contributed by atoms with E-state index in [4.69, 9.17) is 5.73 Å². The van der Waals surface area contributed by atoms with Crippen LogP contribution in [0.3, 0.4) is 0 Å². The van der Waals surface area contributed by atoms with E-state index < -0.39 is 0 Å². The summed E-state index contributed by atoms with van der Waals surface area (Å²) >= 11 is 0. The molecule has 0 aliphatic carbocycles. The standard InChI is InChI=1S/C15H29N3O/c1-3-7-17(8-4-2)15(19)11-18-13-5-6-14(18)10-12(16)9-13/h12-14H,3-11,16H2,1-2H3. The number of rotatable bonds is 6. The number of amides is 1. The van der Waals surface area contributed by atoms with Crippen LogP contribution >= 0.6 is 0 Å². The van der Waals surface area contributed by atoms with E-state index in [1.54, 1.807) is 0 Å². The first-order valence-electron chi connectivity index (χ1n) is 7.94. The summed E-state index contributed by atoms with van der Waals surface area (Å²) in [7, 11) is 0. The van der Waals surface area contributed by atoms with Crippen LogP contribution in [0.4, 0.5) is 0 Å². The number of nitrogens with zero attached hydrogens (tertiary/aromatic N) is 2. The molecule has 110 valence electrons. The molecular weight excluding hydrogens is 238 g/mol. The van der Waals surface area contributed by atoms with E-state index >= 15 is 0 Å². The van der Waals surface area contributed by atoms with Crippen molar-refractivity contribution < 1.29 is 4.79 Å². The van der Waals surface area contributed by atoms with Gasteiger partial charge >= 0.3 is 0 Å². The summed E-state index contributed by atoms with van der Waals surface area (Å²) in [5, 5.41) is 0. The van der Waals surface area contributed by atoms with Gasteiger partial charge in [-0.25, -0.2) is 0 Å². The average molecular weight is 267 g/mol. The largest absolute Gasteiger partial charge is 0.342 e. The summed E-state index contributed by atoms with van der Waals surface area (Å²) in [6, 6.07) is 1.47. The Kier molecular flexibility index (Phi) is 5.22. The van der Waals surface area contributed by atoms with E-state index in [-0.39, 0.29) is 0 Å². The van der Waals surface area contributed by atoms with Crippen molar-refractivity contribution in [2.24, 2.45) is 5.73 Å². The van der Waals surface area contributed by atoms with Gasteiger partial charge in [-0.05, 0) is 38.5 Å². The molecule has 2 saturated heterocycles. The van der Waals surface area contributed by atoms with Crippen molar-refractivity contribution in [2.75, 3.05) is 19.6 Å². The van der Waals surface area contributed by atoms with Gasteiger partial charge in [0.25, 0.3) is 0 Å². The van der Waals surface area contributed by atoms with E-state index in [1.807, 2.05) is 4.90 Å². The molecular formula is C15H29N3O. The maximum atomic E-state index is 12.4. The maximum Gasteiger partial charge on any atom is 0.236 e. The van der Waals surface area contributed by atoms with Crippen molar-refractivity contribution in [3.63, 3.8) is 0 Å². The molecule has 0 spiro atoms. The molecule has 0 saturated carbocycles. The van der Waals surface area contributed by atoms with Crippen LogP contribution < -0.4 is 5.73 Å². The van der Waals surface area contributed by atoms with Gasteiger partial charge in [0.2, 0.25) is 5.91 Å². The normalized spacial score (nSPS) is 30.6. The number of carbonyl (C=O) groups excluding carboxylic acids is 1. The number of carbonyl (C=O) groups is 1. The topological polar surface area (TPSA) is 49.6 Å². The third-order valence-electron chi connectivity index (χ3n) is 4.58. The molecule has 2 N–H and O–H groups in total. The highest BCUT2D eigenvalue weighted by Gasteiger charge is 2.40. The van der Waals surface area contributed by atoms with E-state index in [9.17, 15) is 4.79 Å². The van der Waals surface area contributed by atoms with Gasteiger partial charge in [-0.1, -0.05) is 13.8 Å². The van der Waals surface area contributed by atoms with Crippen LogP contribution in [0.5, 0.6) is 0 Å². The molecule has 1 amide bonds. The van der Waals surface area contributed by atoms with Gasteiger partial charge in [-0.15, -0.1) is 0 Å². The molecule has 2 fully saturated rings. The highest BCUT2D eigenvalue weighted by atomic mass is 16.2. The quantitative estimate of drug-likeness (QED) is 0.795. The zero-order valence-corrected chi connectivity index (χ0v) is 12.5. The van der Waals surface area contributed by atoms with Crippen molar-refractivity contribution >= 4 is 5.91 Å². The van der Waals surface area contributed by atoms with Gasteiger partial charge in [0.1, 0.15) is 0 Å². The number of hydrogen-bond acceptors (Lipinski definition) is 3. The van der Waals surface area contributed by atoms with Gasteiger partial charge < -0.3 is 10.6 Å². The molecule has 2 rings (SSSR count). The maximum absolute atomic E-state index is 12.4. The zero-order valence-electron chi connectivity index (χ0n) is 12.5. The van der Waals surface area contributed by atoms with Crippen LogP contribution in [0.25, 0.3) is 0 Å². The monoisotopic (exact) mass is 267 g/mol. The number of fused-ring (bicyclic) bond motifs is 2. The van der Waals surface area contributed by atoms with Crippen molar-refractivity contribution in [1.82, 2.24) is 9.80 Å². The third-order valence-corrected chi connectivity index (χ3v) is 4.58. The fourth-order valence-electron chi connectivity index (χ4n) is 3.73. The molecule has 4 nitrogen and oxygen atoms in total. The van der Waals surface area contributed by atoms with E-state index in [1.165, 1.54) is 12.8 Å². The lowest BCUT2D eigenvalue weighted by atomic mass is 9.98. The second-order valence-electron chi connectivity index (χ2n) is 6.17. The zero-order chi connectivity index (χ0) is 13.8. The van der Waals surface area contributed by atoms with Crippen molar-refractivity contribution in [3.05, 3.63) is 0 Å². The van der Waals surface area contributed by atoms with Crippen LogP contribution in [0, 0.1) is 0 Å². The first-order chi connectivity index (χ1) is 9.15. The Morgan fingerprint density at radius 1 is 1.16 bits per heavy atom. The number of piperidine rings is 1. The smallest absolute Gasteiger partial charge is 0.236 e. The predicted molar refractivity (Wildman–Crippen MR) is 77.9 cm³/mol. The van der Waals surface area contributed by atoms with Crippen LogP contribution in [0.15, 0.2) is 0 Å². The Morgan fingerprint density at radius 3 is 2.16 bits per heavy atom. The number of hydrogen-bond donors (Lipinski definition) is 1. The molecule has 2 aliphatic rings. The van der Waals surface area contributed by atoms with Crippen molar-refractivity contribution in [2.45, 2.75) is 70.5 Å². The van der Waals surface area contributed by atoms with Crippen LogP contribution in [-0.4, -0.2) is 53.5 Å². The third kappa shape index (κ3) is 3.48. The lowest BCUT2D eigenvalue weighted by Crippen LogP contribution is -2.51. The van der Waals surface area contributed by atoms with E-state index in [2.05, 4.69) is 18.7 Å². The molecule has 0 aromatic carbocycles. The van der Waals surface area contributed by atoms with E-state index in [0.29, 0.717) is 30.6 Å². The Bertz CT molecular complexity index is 288. The summed E-state index contributed by atoms with van der Waals surface area (Å²) in [4.78, 5) is 16.9. The van der Waals surface area contributed by atoms with E-state index in [0.717, 1.165) is 38.8 Å². The SMILES string of the molecule is CCCN(CCC)C(=O)CN1C2CCC1CC(N)C2. The molecule has 2 unspecified atom stereocenters. The Hall–Kier alpha value is -0.610. The van der Waals surface area contributed by atoms with Crippen LogP contribution in [-0.2, 0) is 4.79 Å². The van der Waals surface area contributed by atoms with Gasteiger partial charge in [-0.3, -0.25) is 9.69 Å². The van der Waals surface area contributed by atoms with Gasteiger partial charge in [-0.2, -0.15) is 0 Å². The first-order valence-corrected chi connectivity index (χ1v) is 7.94. The Morgan fingerprint density at radius 2 is 1.68 bits per heavy atom. The molecule has 0 aromatic rings. The molecule has 2 bridgehead atoms. The number of nitrogens with two attached hydrogens (primary N) is 1. The minimum atomic E-state index is 0.316. The minimum Gasteiger partial charge on any atom is -0.342 e. The van der Waals surface area contributed by atoms with Gasteiger partial charge in [0.15, 0.2) is 0 Å². The fraction of sp³-hybridized carbons (Fsp3) is 0.933. The van der Waals surface area contributed by atoms with Crippen LogP contribution in [0.1, 0.15) is 52.4 Å². The predicted octanol–water partition coefficient (Wildman–Crippen LogP) is 1.59. The summed E-state index contributed by atoms with van der Waals surface area (Å²) in [5.74, 6) is 0.316. The minimum absolute atomic E-state index is 0.316. The van der Waals surface area contributed by atoms with Gasteiger partial charge in [0, 0.05) is 31.2 Å². The average Bonchev–Trinajstić information content (AvgIpc) is 2.61. The molecule has 2 aliphatic heterocycles. The second kappa shape index (κ2) is 6.71. The molecule has 2 heterocycles. The summed E-state index contributed by atoms with van der Waals surface area (Å²) in [6.45, 7) is 6.69. The fourth-order valence-corrected chi connectivity index (χ4v) is 3.73. The molecule has 4 heteroatoms. The van der Waals surface area contributed by atoms with Gasteiger partial charge in [0.05, 0.1) is 6.54 Å². The molecule has 0 aromatic heterocycles. The second-order valence-corrected chi connectivity index (χ2v) is 6.17. The summed E-state index contributed by atoms with van der Waals surface area (Å²) < 4.78 is 0. The molecule has 0 radical (unpaired) electrons. The highest BCUT2D eigenvalue weighted by Crippen LogP contribution is 2.34. The lowest BCUT2D eigenvalue weighted by molar-refractivity contribution is -0.133. The molecule has 19 heavy (non-hydrogen) atoms. The summed E-state index contributed by atoms with van der Waals surface area (Å²) in [5.41, 5.74) is 6.08.